The normalized spacial score (nSPS) is 12.7. The maximum Gasteiger partial charge on any atom is 0.164 e. The summed E-state index contributed by atoms with van der Waals surface area (Å²) in [6, 6.07) is 68.0. The molecule has 8 aromatic carbocycles. The van der Waals surface area contributed by atoms with Gasteiger partial charge >= 0.3 is 0 Å². The van der Waals surface area contributed by atoms with Crippen molar-refractivity contribution in [2.45, 2.75) is 19.3 Å². The number of benzene rings is 8. The summed E-state index contributed by atoms with van der Waals surface area (Å²) < 4.78 is 6.58. The van der Waals surface area contributed by atoms with Gasteiger partial charge in [0, 0.05) is 49.9 Å². The van der Waals surface area contributed by atoms with Gasteiger partial charge in [0.15, 0.2) is 17.5 Å². The molecule has 0 fully saturated rings. The van der Waals surface area contributed by atoms with Crippen LogP contribution in [0, 0.1) is 0 Å². The number of aromatic nitrogens is 3. The number of furan rings is 1. The van der Waals surface area contributed by atoms with Gasteiger partial charge < -0.3 is 9.32 Å². The summed E-state index contributed by atoms with van der Waals surface area (Å²) in [6.45, 7) is 4.67. The SMILES string of the molecule is CC1(C)c2ccccc2-c2ccc(N(c3ccccc3)c3ccc(-c4ccc5c(c4)oc4cc(-c6nc(-c7ccccc7)nc(-c7ccccc7)n6)ccc45)cc3)cc21. The Hall–Kier alpha value is -7.63. The summed E-state index contributed by atoms with van der Waals surface area (Å²) in [5.74, 6) is 1.85. The van der Waals surface area contributed by atoms with Crippen LogP contribution in [0.4, 0.5) is 17.1 Å². The molecule has 10 aromatic rings. The quantitative estimate of drug-likeness (QED) is 0.162. The molecule has 0 amide bonds. The predicted octanol–water partition coefficient (Wildman–Crippen LogP) is 14.2. The molecule has 0 atom stereocenters. The van der Waals surface area contributed by atoms with E-state index in [1.54, 1.807) is 0 Å². The van der Waals surface area contributed by atoms with Crippen molar-refractivity contribution >= 4 is 39.0 Å². The van der Waals surface area contributed by atoms with Crippen molar-refractivity contribution < 1.29 is 4.42 Å². The van der Waals surface area contributed by atoms with Gasteiger partial charge in [-0.15, -0.1) is 0 Å². The lowest BCUT2D eigenvalue weighted by Gasteiger charge is -2.28. The summed E-state index contributed by atoms with van der Waals surface area (Å²) in [6.07, 6.45) is 0. The Morgan fingerprint density at radius 3 is 1.49 bits per heavy atom. The van der Waals surface area contributed by atoms with Crippen LogP contribution in [-0.4, -0.2) is 15.0 Å². The molecule has 1 aliphatic rings. The van der Waals surface area contributed by atoms with Crippen molar-refractivity contribution in [3.63, 3.8) is 0 Å². The van der Waals surface area contributed by atoms with Crippen LogP contribution in [0.15, 0.2) is 199 Å². The second-order valence-corrected chi connectivity index (χ2v) is 15.7. The molecule has 0 bridgehead atoms. The van der Waals surface area contributed by atoms with Gasteiger partial charge in [-0.1, -0.05) is 147 Å². The first-order chi connectivity index (χ1) is 29.0. The number of para-hydroxylation sites is 1. The zero-order chi connectivity index (χ0) is 39.5. The molecule has 0 saturated heterocycles. The van der Waals surface area contributed by atoms with Gasteiger partial charge in [-0.2, -0.15) is 0 Å². The fourth-order valence-electron chi connectivity index (χ4n) is 8.69. The highest BCUT2D eigenvalue weighted by molar-refractivity contribution is 6.07. The van der Waals surface area contributed by atoms with Crippen molar-refractivity contribution in [1.82, 2.24) is 15.0 Å². The molecule has 5 nitrogen and oxygen atoms in total. The lowest BCUT2D eigenvalue weighted by atomic mass is 9.82. The van der Waals surface area contributed by atoms with E-state index in [4.69, 9.17) is 19.4 Å². The maximum absolute atomic E-state index is 6.58. The molecule has 0 aliphatic heterocycles. The van der Waals surface area contributed by atoms with Crippen LogP contribution in [-0.2, 0) is 5.41 Å². The van der Waals surface area contributed by atoms with E-state index < -0.39 is 0 Å². The summed E-state index contributed by atoms with van der Waals surface area (Å²) >= 11 is 0. The highest BCUT2D eigenvalue weighted by atomic mass is 16.3. The average molecular weight is 759 g/mol. The molecule has 5 heteroatoms. The first-order valence-electron chi connectivity index (χ1n) is 20.0. The number of hydrogen-bond donors (Lipinski definition) is 0. The Bertz CT molecular complexity index is 3120. The second kappa shape index (κ2) is 13.8. The van der Waals surface area contributed by atoms with Gasteiger partial charge in [0.1, 0.15) is 11.2 Å². The van der Waals surface area contributed by atoms with Crippen LogP contribution >= 0.6 is 0 Å². The molecule has 0 spiro atoms. The standard InChI is InChI=1S/C54H38N4O/c1-54(2)47-21-13-12-20-43(47)44-31-28-42(34-48(44)54)58(40-18-10-5-11-19-40)41-26-22-35(23-27-41)38-24-29-45-46-30-25-39(33-50(46)59-49(45)32-38)53-56-51(36-14-6-3-7-15-36)55-52(57-53)37-16-8-4-9-17-37/h3-34H,1-2H3. The molecule has 0 saturated carbocycles. The number of fused-ring (bicyclic) bond motifs is 6. The third-order valence-electron chi connectivity index (χ3n) is 11.7. The highest BCUT2D eigenvalue weighted by Crippen LogP contribution is 2.50. The van der Waals surface area contributed by atoms with Crippen LogP contribution in [0.5, 0.6) is 0 Å². The molecule has 0 unspecified atom stereocenters. The van der Waals surface area contributed by atoms with Crippen molar-refractivity contribution in [3.8, 4) is 56.4 Å². The molecule has 59 heavy (non-hydrogen) atoms. The minimum absolute atomic E-state index is 0.0877. The summed E-state index contributed by atoms with van der Waals surface area (Å²) in [5, 5.41) is 2.11. The summed E-state index contributed by atoms with van der Waals surface area (Å²) in [4.78, 5) is 17.1. The van der Waals surface area contributed by atoms with Crippen LogP contribution in [0.25, 0.3) is 78.4 Å². The van der Waals surface area contributed by atoms with Crippen LogP contribution in [0.3, 0.4) is 0 Å². The molecule has 0 N–H and O–H groups in total. The topological polar surface area (TPSA) is 55.1 Å². The van der Waals surface area contributed by atoms with Crippen molar-refractivity contribution in [2.75, 3.05) is 4.90 Å². The lowest BCUT2D eigenvalue weighted by Crippen LogP contribution is -2.16. The third kappa shape index (κ3) is 5.98. The Morgan fingerprint density at radius 1 is 0.373 bits per heavy atom. The Labute approximate surface area is 342 Å². The van der Waals surface area contributed by atoms with E-state index in [1.165, 1.54) is 22.3 Å². The summed E-state index contributed by atoms with van der Waals surface area (Å²) in [7, 11) is 0. The highest BCUT2D eigenvalue weighted by Gasteiger charge is 2.35. The van der Waals surface area contributed by atoms with Crippen LogP contribution < -0.4 is 4.90 Å². The van der Waals surface area contributed by atoms with Gasteiger partial charge in [0.25, 0.3) is 0 Å². The number of nitrogens with zero attached hydrogens (tertiary/aromatic N) is 4. The number of rotatable bonds is 7. The summed E-state index contributed by atoms with van der Waals surface area (Å²) in [5.41, 5.74) is 15.2. The van der Waals surface area contributed by atoms with Gasteiger partial charge in [-0.05, 0) is 94.0 Å². The van der Waals surface area contributed by atoms with Crippen LogP contribution in [0.2, 0.25) is 0 Å². The second-order valence-electron chi connectivity index (χ2n) is 15.7. The number of anilines is 3. The molecule has 11 rings (SSSR count). The molecule has 0 radical (unpaired) electrons. The fraction of sp³-hybridized carbons (Fsp3) is 0.0556. The van der Waals surface area contributed by atoms with Crippen molar-refractivity contribution in [1.29, 1.82) is 0 Å². The first-order valence-corrected chi connectivity index (χ1v) is 20.0. The van der Waals surface area contributed by atoms with Crippen molar-refractivity contribution in [2.24, 2.45) is 0 Å². The van der Waals surface area contributed by atoms with E-state index in [1.807, 2.05) is 66.7 Å². The minimum Gasteiger partial charge on any atom is -0.456 e. The van der Waals surface area contributed by atoms with Crippen molar-refractivity contribution in [3.05, 3.63) is 205 Å². The van der Waals surface area contributed by atoms with E-state index in [0.717, 1.165) is 66.8 Å². The molecule has 2 aromatic heterocycles. The van der Waals surface area contributed by atoms with E-state index in [2.05, 4.69) is 146 Å². The molecule has 280 valence electrons. The minimum atomic E-state index is -0.0877. The molecule has 2 heterocycles. The maximum atomic E-state index is 6.58. The average Bonchev–Trinajstić information content (AvgIpc) is 3.78. The van der Waals surface area contributed by atoms with Crippen LogP contribution in [0.1, 0.15) is 25.0 Å². The Balaban J connectivity index is 0.936. The third-order valence-corrected chi connectivity index (χ3v) is 11.7. The number of hydrogen-bond acceptors (Lipinski definition) is 5. The lowest BCUT2D eigenvalue weighted by molar-refractivity contribution is 0.660. The largest absolute Gasteiger partial charge is 0.456 e. The van der Waals surface area contributed by atoms with E-state index in [0.29, 0.717) is 17.5 Å². The monoisotopic (exact) mass is 758 g/mol. The Morgan fingerprint density at radius 2 is 0.847 bits per heavy atom. The van der Waals surface area contributed by atoms with Gasteiger partial charge in [-0.3, -0.25) is 0 Å². The van der Waals surface area contributed by atoms with Gasteiger partial charge in [0.2, 0.25) is 0 Å². The first kappa shape index (κ1) is 34.6. The molecular formula is C54H38N4O. The van der Waals surface area contributed by atoms with E-state index in [9.17, 15) is 0 Å². The zero-order valence-corrected chi connectivity index (χ0v) is 32.7. The van der Waals surface area contributed by atoms with E-state index >= 15 is 0 Å². The Kier molecular flexibility index (Phi) is 8.09. The fourth-order valence-corrected chi connectivity index (χ4v) is 8.69. The smallest absolute Gasteiger partial charge is 0.164 e. The predicted molar refractivity (Wildman–Crippen MR) is 241 cm³/mol. The zero-order valence-electron chi connectivity index (χ0n) is 32.7. The molecule has 1 aliphatic carbocycles. The molecular weight excluding hydrogens is 721 g/mol. The van der Waals surface area contributed by atoms with Gasteiger partial charge in [-0.25, -0.2) is 15.0 Å². The van der Waals surface area contributed by atoms with E-state index in [-0.39, 0.29) is 5.41 Å². The van der Waals surface area contributed by atoms with Gasteiger partial charge in [0.05, 0.1) is 0 Å².